The van der Waals surface area contributed by atoms with Crippen LogP contribution in [0.2, 0.25) is 0 Å². The van der Waals surface area contributed by atoms with Gasteiger partial charge in [0.15, 0.2) is 12.2 Å². The molecule has 0 fully saturated rings. The van der Waals surface area contributed by atoms with Crippen molar-refractivity contribution >= 4 is 17.6 Å². The molecule has 0 aromatic heterocycles. The van der Waals surface area contributed by atoms with E-state index in [1.165, 1.54) is 16.8 Å². The molecule has 38 heavy (non-hydrogen) atoms. The number of hydrogen-bond donors (Lipinski definition) is 4. The molecule has 0 saturated heterocycles. The van der Waals surface area contributed by atoms with E-state index in [-0.39, 0.29) is 6.04 Å². The number of carbonyl (C=O) groups is 2. The first-order valence-corrected chi connectivity index (χ1v) is 12.2. The second-order valence-electron chi connectivity index (χ2n) is 8.80. The minimum Gasteiger partial charge on any atom is -0.494 e. The van der Waals surface area contributed by atoms with Crippen molar-refractivity contribution in [3.8, 4) is 5.75 Å². The summed E-state index contributed by atoms with van der Waals surface area (Å²) in [5.41, 5.74) is 3.82. The molecule has 0 amide bonds. The van der Waals surface area contributed by atoms with Gasteiger partial charge in [0.2, 0.25) is 0 Å². The molecule has 0 aliphatic rings. The van der Waals surface area contributed by atoms with Crippen LogP contribution in [0.3, 0.4) is 0 Å². The number of carboxylic acid groups (broad SMARTS) is 2. The highest BCUT2D eigenvalue weighted by molar-refractivity contribution is 5.83. The maximum Gasteiger partial charge on any atom is 0.335 e. The molecule has 0 heterocycles. The van der Waals surface area contributed by atoms with Gasteiger partial charge in [-0.2, -0.15) is 0 Å². The molecule has 3 aromatic rings. The molecule has 3 aromatic carbocycles. The normalized spacial score (nSPS) is 13.0. The number of aliphatic hydroxyl groups excluding tert-OH is 2. The van der Waals surface area contributed by atoms with Gasteiger partial charge in [0, 0.05) is 18.8 Å². The van der Waals surface area contributed by atoms with Gasteiger partial charge in [0.1, 0.15) is 5.75 Å². The molecule has 0 radical (unpaired) electrons. The molecule has 3 atom stereocenters. The van der Waals surface area contributed by atoms with Crippen LogP contribution in [0.5, 0.6) is 5.75 Å². The van der Waals surface area contributed by atoms with Crippen LogP contribution in [0.4, 0.5) is 5.69 Å². The molecule has 3 rings (SSSR count). The Hall–Kier alpha value is -3.92. The van der Waals surface area contributed by atoms with Gasteiger partial charge >= 0.3 is 11.9 Å². The Bertz CT molecular complexity index is 1090. The SMILES string of the molecule is CCOc1ccc(N(Cc2ccccc2)C(CN(C)C)c2ccccc2)cc1.O=C(O)C(O)C(O)C(=O)O. The standard InChI is InChI=1S/C25H30N2O.C4H6O6/c1-4-28-24-17-15-23(16-18-24)27(19-21-11-7-5-8-12-21)25(20-26(2)3)22-13-9-6-10-14-22;5-1(3(7)8)2(6)4(9)10/h5-18,25H,4,19-20H2,1-3H3;1-2,5-6H,(H,7,8)(H,9,10). The molecular weight excluding hydrogens is 488 g/mol. The molecule has 3 unspecified atom stereocenters. The molecule has 204 valence electrons. The third-order valence-electron chi connectivity index (χ3n) is 5.58. The number of likely N-dealkylation sites (N-methyl/N-ethyl adjacent to an activating group) is 1. The van der Waals surface area contributed by atoms with Gasteiger partial charge in [-0.1, -0.05) is 60.7 Å². The Morgan fingerprint density at radius 2 is 1.29 bits per heavy atom. The number of hydrogen-bond acceptors (Lipinski definition) is 7. The zero-order valence-corrected chi connectivity index (χ0v) is 21.8. The smallest absolute Gasteiger partial charge is 0.335 e. The number of benzene rings is 3. The van der Waals surface area contributed by atoms with E-state index in [2.05, 4.69) is 109 Å². The monoisotopic (exact) mass is 524 g/mol. The van der Waals surface area contributed by atoms with Crippen molar-refractivity contribution in [1.29, 1.82) is 0 Å². The van der Waals surface area contributed by atoms with Crippen LogP contribution in [-0.4, -0.2) is 76.7 Å². The Kier molecular flexibility index (Phi) is 12.2. The number of aliphatic hydroxyl groups is 2. The highest BCUT2D eigenvalue weighted by atomic mass is 16.5. The summed E-state index contributed by atoms with van der Waals surface area (Å²) in [6.07, 6.45) is -4.53. The van der Waals surface area contributed by atoms with E-state index in [9.17, 15) is 9.59 Å². The molecule has 0 aliphatic heterocycles. The summed E-state index contributed by atoms with van der Waals surface area (Å²) in [5.74, 6) is -2.63. The van der Waals surface area contributed by atoms with E-state index in [0.717, 1.165) is 18.8 Å². The van der Waals surface area contributed by atoms with Gasteiger partial charge in [0.25, 0.3) is 0 Å². The van der Waals surface area contributed by atoms with Crippen molar-refractivity contribution in [2.24, 2.45) is 0 Å². The molecule has 0 aliphatic carbocycles. The van der Waals surface area contributed by atoms with Crippen LogP contribution in [0.15, 0.2) is 84.9 Å². The first kappa shape index (κ1) is 30.3. The Balaban J connectivity index is 0.000000432. The molecule has 0 saturated carbocycles. The predicted octanol–water partition coefficient (Wildman–Crippen LogP) is 3.27. The van der Waals surface area contributed by atoms with Crippen LogP contribution in [0.25, 0.3) is 0 Å². The van der Waals surface area contributed by atoms with Gasteiger partial charge in [0.05, 0.1) is 12.6 Å². The summed E-state index contributed by atoms with van der Waals surface area (Å²) >= 11 is 0. The zero-order chi connectivity index (χ0) is 28.1. The highest BCUT2D eigenvalue weighted by Gasteiger charge is 2.29. The number of aliphatic carboxylic acids is 2. The number of nitrogens with zero attached hydrogens (tertiary/aromatic N) is 2. The van der Waals surface area contributed by atoms with Crippen LogP contribution >= 0.6 is 0 Å². The molecule has 9 heteroatoms. The first-order chi connectivity index (χ1) is 18.1. The number of rotatable bonds is 12. The second-order valence-corrected chi connectivity index (χ2v) is 8.80. The predicted molar refractivity (Wildman–Crippen MR) is 145 cm³/mol. The van der Waals surface area contributed by atoms with E-state index in [0.29, 0.717) is 6.61 Å². The van der Waals surface area contributed by atoms with Crippen molar-refractivity contribution in [3.05, 3.63) is 96.1 Å². The summed E-state index contributed by atoms with van der Waals surface area (Å²) in [5, 5.41) is 32.5. The van der Waals surface area contributed by atoms with Crippen molar-refractivity contribution in [2.75, 3.05) is 32.1 Å². The number of anilines is 1. The molecule has 0 bridgehead atoms. The van der Waals surface area contributed by atoms with E-state index in [4.69, 9.17) is 25.2 Å². The lowest BCUT2D eigenvalue weighted by Gasteiger charge is -2.36. The molecule has 9 nitrogen and oxygen atoms in total. The summed E-state index contributed by atoms with van der Waals surface area (Å²) < 4.78 is 5.64. The summed E-state index contributed by atoms with van der Waals surface area (Å²) in [6.45, 7) is 4.48. The molecule has 4 N–H and O–H groups in total. The van der Waals surface area contributed by atoms with Crippen molar-refractivity contribution in [3.63, 3.8) is 0 Å². The third kappa shape index (κ3) is 9.51. The lowest BCUT2D eigenvalue weighted by Crippen LogP contribution is -2.39. The fourth-order valence-corrected chi connectivity index (χ4v) is 3.74. The number of carboxylic acids is 2. The largest absolute Gasteiger partial charge is 0.494 e. The van der Waals surface area contributed by atoms with Gasteiger partial charge in [-0.3, -0.25) is 0 Å². The second kappa shape index (κ2) is 15.4. The summed E-state index contributed by atoms with van der Waals surface area (Å²) in [6, 6.07) is 30.1. The fraction of sp³-hybridized carbons (Fsp3) is 0.310. The Morgan fingerprint density at radius 3 is 1.74 bits per heavy atom. The van der Waals surface area contributed by atoms with Gasteiger partial charge < -0.3 is 35.0 Å². The lowest BCUT2D eigenvalue weighted by molar-refractivity contribution is -0.165. The molecule has 0 spiro atoms. The van der Waals surface area contributed by atoms with Crippen molar-refractivity contribution in [1.82, 2.24) is 4.90 Å². The Morgan fingerprint density at radius 1 is 0.789 bits per heavy atom. The van der Waals surface area contributed by atoms with Crippen molar-refractivity contribution in [2.45, 2.75) is 31.7 Å². The Labute approximate surface area is 223 Å². The average molecular weight is 525 g/mol. The maximum absolute atomic E-state index is 9.77. The van der Waals surface area contributed by atoms with Crippen LogP contribution in [0.1, 0.15) is 24.1 Å². The maximum atomic E-state index is 9.77. The average Bonchev–Trinajstić information content (AvgIpc) is 2.91. The van der Waals surface area contributed by atoms with E-state index < -0.39 is 24.1 Å². The van der Waals surface area contributed by atoms with Crippen LogP contribution < -0.4 is 9.64 Å². The highest BCUT2D eigenvalue weighted by Crippen LogP contribution is 2.31. The summed E-state index contributed by atoms with van der Waals surface area (Å²) in [4.78, 5) is 24.3. The van der Waals surface area contributed by atoms with Crippen LogP contribution in [-0.2, 0) is 16.1 Å². The van der Waals surface area contributed by atoms with E-state index >= 15 is 0 Å². The van der Waals surface area contributed by atoms with Gasteiger partial charge in [-0.05, 0) is 56.4 Å². The fourth-order valence-electron chi connectivity index (χ4n) is 3.74. The topological polar surface area (TPSA) is 131 Å². The lowest BCUT2D eigenvalue weighted by atomic mass is 10.0. The zero-order valence-electron chi connectivity index (χ0n) is 21.8. The van der Waals surface area contributed by atoms with E-state index in [1.807, 2.05) is 6.92 Å². The van der Waals surface area contributed by atoms with E-state index in [1.54, 1.807) is 0 Å². The first-order valence-electron chi connectivity index (χ1n) is 12.2. The number of ether oxygens (including phenoxy) is 1. The summed E-state index contributed by atoms with van der Waals surface area (Å²) in [7, 11) is 4.27. The third-order valence-corrected chi connectivity index (χ3v) is 5.58. The minimum atomic E-state index is -2.27. The quantitative estimate of drug-likeness (QED) is 0.282. The van der Waals surface area contributed by atoms with Crippen LogP contribution in [0, 0.1) is 0 Å². The molecular formula is C29H36N2O7. The minimum absolute atomic E-state index is 0.245. The van der Waals surface area contributed by atoms with Crippen molar-refractivity contribution < 1.29 is 34.8 Å². The van der Waals surface area contributed by atoms with Gasteiger partial charge in [-0.25, -0.2) is 9.59 Å². The van der Waals surface area contributed by atoms with Gasteiger partial charge in [-0.15, -0.1) is 0 Å².